The number of para-hydroxylation sites is 2. The van der Waals surface area contributed by atoms with E-state index in [1.165, 1.54) is 77.9 Å². The Morgan fingerprint density at radius 1 is 0.254 bits per heavy atom. The van der Waals surface area contributed by atoms with E-state index in [-0.39, 0.29) is 0 Å². The molecule has 0 amide bonds. The van der Waals surface area contributed by atoms with Crippen molar-refractivity contribution in [3.05, 3.63) is 263 Å². The van der Waals surface area contributed by atoms with Crippen molar-refractivity contribution in [3.8, 4) is 44.5 Å². The third-order valence-corrected chi connectivity index (χ3v) is 14.3. The van der Waals surface area contributed by atoms with Crippen LogP contribution in [-0.2, 0) is 5.41 Å². The first kappa shape index (κ1) is 37.6. The lowest BCUT2D eigenvalue weighted by Crippen LogP contribution is -2.26. The Bertz CT molecular complexity index is 3760. The zero-order valence-electron chi connectivity index (χ0n) is 36.4. The summed E-state index contributed by atoms with van der Waals surface area (Å²) in [7, 11) is 0. The van der Waals surface area contributed by atoms with Gasteiger partial charge in [0.25, 0.3) is 0 Å². The van der Waals surface area contributed by atoms with E-state index >= 15 is 0 Å². The van der Waals surface area contributed by atoms with E-state index in [0.717, 1.165) is 55.0 Å². The average Bonchev–Trinajstić information content (AvgIpc) is 4.12. The Hall–Kier alpha value is -8.72. The second kappa shape index (κ2) is 14.7. The third-order valence-electron chi connectivity index (χ3n) is 14.3. The molecule has 312 valence electrons. The molecule has 2 aliphatic rings. The number of hydrogen-bond acceptors (Lipinski definition) is 2. The Balaban J connectivity index is 0.796. The highest BCUT2D eigenvalue weighted by Gasteiger charge is 2.51. The van der Waals surface area contributed by atoms with Gasteiger partial charge in [-0.15, -0.1) is 0 Å². The van der Waals surface area contributed by atoms with Crippen molar-refractivity contribution in [2.45, 2.75) is 5.41 Å². The van der Waals surface area contributed by atoms with E-state index < -0.39 is 5.41 Å². The first-order valence-corrected chi connectivity index (χ1v) is 23.0. The lowest BCUT2D eigenvalue weighted by molar-refractivity contribution is 0.668. The fourth-order valence-electron chi connectivity index (χ4n) is 11.2. The summed E-state index contributed by atoms with van der Waals surface area (Å²) in [6.45, 7) is 0. The van der Waals surface area contributed by atoms with Crippen molar-refractivity contribution in [1.82, 2.24) is 0 Å². The molecule has 0 saturated heterocycles. The van der Waals surface area contributed by atoms with Gasteiger partial charge in [-0.05, 0) is 138 Å². The van der Waals surface area contributed by atoms with Gasteiger partial charge in [-0.3, -0.25) is 0 Å². The minimum atomic E-state index is -0.447. The highest BCUT2D eigenvalue weighted by Crippen LogP contribution is 2.63. The van der Waals surface area contributed by atoms with E-state index in [9.17, 15) is 0 Å². The maximum absolute atomic E-state index is 6.09. The molecule has 2 heterocycles. The van der Waals surface area contributed by atoms with Gasteiger partial charge in [0, 0.05) is 21.5 Å². The molecule has 0 radical (unpaired) electrons. The zero-order chi connectivity index (χ0) is 44.1. The highest BCUT2D eigenvalue weighted by atomic mass is 16.3. The van der Waals surface area contributed by atoms with E-state index in [0.29, 0.717) is 0 Å². The lowest BCUT2D eigenvalue weighted by Gasteiger charge is -2.30. The lowest BCUT2D eigenvalue weighted by atomic mass is 9.70. The number of benzene rings is 10. The number of fused-ring (bicyclic) bond motifs is 16. The van der Waals surface area contributed by atoms with Crippen LogP contribution < -0.4 is 0 Å². The van der Waals surface area contributed by atoms with Gasteiger partial charge >= 0.3 is 0 Å². The molecule has 0 fully saturated rings. The van der Waals surface area contributed by atoms with Crippen molar-refractivity contribution in [2.24, 2.45) is 0 Å². The van der Waals surface area contributed by atoms with Gasteiger partial charge < -0.3 is 8.83 Å². The van der Waals surface area contributed by atoms with E-state index in [1.807, 2.05) is 24.3 Å². The van der Waals surface area contributed by atoms with Gasteiger partial charge in [0.05, 0.1) is 5.41 Å². The minimum absolute atomic E-state index is 0.447. The summed E-state index contributed by atoms with van der Waals surface area (Å²) >= 11 is 0. The summed E-state index contributed by atoms with van der Waals surface area (Å²) in [6.07, 6.45) is 9.00. The SMILES string of the molecule is C(=Cc1ccc2c(c1)C1(c3ccccc3-c3ccccc31)c1cc(C=Cc3ccc(-c4ccc5oc6ccccc6c5c4)cc3)ccc1-2)c1ccc(-c2ccc3oc4ccccc4c3c2)cc1. The van der Waals surface area contributed by atoms with Crippen LogP contribution >= 0.6 is 0 Å². The molecule has 14 rings (SSSR count). The van der Waals surface area contributed by atoms with Crippen molar-refractivity contribution < 1.29 is 8.83 Å². The normalized spacial score (nSPS) is 13.4. The largest absolute Gasteiger partial charge is 0.456 e. The van der Waals surface area contributed by atoms with Gasteiger partial charge in [-0.25, -0.2) is 0 Å². The van der Waals surface area contributed by atoms with Crippen LogP contribution in [0.5, 0.6) is 0 Å². The molecule has 2 aromatic heterocycles. The highest BCUT2D eigenvalue weighted by molar-refractivity contribution is 6.07. The summed E-state index contributed by atoms with van der Waals surface area (Å²) in [5.74, 6) is 0. The Morgan fingerprint density at radius 3 is 1.09 bits per heavy atom. The first-order chi connectivity index (χ1) is 33.2. The fourth-order valence-corrected chi connectivity index (χ4v) is 11.2. The van der Waals surface area contributed by atoms with Crippen LogP contribution in [0, 0.1) is 0 Å². The molecular formula is C65H40O2. The van der Waals surface area contributed by atoms with Crippen LogP contribution in [0.3, 0.4) is 0 Å². The second-order valence-electron chi connectivity index (χ2n) is 18.0. The number of hydrogen-bond donors (Lipinski definition) is 0. The molecule has 0 unspecified atom stereocenters. The van der Waals surface area contributed by atoms with Crippen molar-refractivity contribution >= 4 is 68.2 Å². The summed E-state index contributed by atoms with van der Waals surface area (Å²) < 4.78 is 12.2. The van der Waals surface area contributed by atoms with Crippen LogP contribution in [0.2, 0.25) is 0 Å². The Kier molecular flexibility index (Phi) is 8.23. The van der Waals surface area contributed by atoms with Gasteiger partial charge in [0.1, 0.15) is 22.3 Å². The Morgan fingerprint density at radius 2 is 0.612 bits per heavy atom. The molecule has 10 aromatic carbocycles. The summed E-state index contributed by atoms with van der Waals surface area (Å²) in [5.41, 5.74) is 23.1. The fraction of sp³-hybridized carbons (Fsp3) is 0.0154. The molecule has 12 aromatic rings. The van der Waals surface area contributed by atoms with Gasteiger partial charge in [-0.2, -0.15) is 0 Å². The summed E-state index contributed by atoms with van der Waals surface area (Å²) in [6, 6.07) is 79.3. The molecule has 1 spiro atoms. The van der Waals surface area contributed by atoms with E-state index in [4.69, 9.17) is 8.83 Å². The predicted octanol–water partition coefficient (Wildman–Crippen LogP) is 17.5. The predicted molar refractivity (Wildman–Crippen MR) is 279 cm³/mol. The monoisotopic (exact) mass is 852 g/mol. The molecule has 67 heavy (non-hydrogen) atoms. The molecule has 0 saturated carbocycles. The maximum atomic E-state index is 6.09. The Labute approximate surface area is 388 Å². The van der Waals surface area contributed by atoms with Gasteiger partial charge in [0.15, 0.2) is 0 Å². The molecule has 2 heteroatoms. The molecule has 0 bridgehead atoms. The molecule has 0 N–H and O–H groups in total. The zero-order valence-corrected chi connectivity index (χ0v) is 36.4. The maximum Gasteiger partial charge on any atom is 0.135 e. The average molecular weight is 853 g/mol. The van der Waals surface area contributed by atoms with Crippen LogP contribution in [-0.4, -0.2) is 0 Å². The van der Waals surface area contributed by atoms with E-state index in [2.05, 4.69) is 218 Å². The second-order valence-corrected chi connectivity index (χ2v) is 18.0. The molecule has 2 aliphatic carbocycles. The summed E-state index contributed by atoms with van der Waals surface area (Å²) in [5, 5.41) is 4.58. The topological polar surface area (TPSA) is 26.3 Å². The molecule has 0 atom stereocenters. The van der Waals surface area contributed by atoms with Crippen LogP contribution in [0.1, 0.15) is 44.5 Å². The van der Waals surface area contributed by atoms with Crippen LogP contribution in [0.15, 0.2) is 227 Å². The van der Waals surface area contributed by atoms with Crippen molar-refractivity contribution in [3.63, 3.8) is 0 Å². The molecule has 2 nitrogen and oxygen atoms in total. The van der Waals surface area contributed by atoms with Crippen LogP contribution in [0.4, 0.5) is 0 Å². The number of rotatable bonds is 6. The molecular weight excluding hydrogens is 813 g/mol. The van der Waals surface area contributed by atoms with E-state index in [1.54, 1.807) is 0 Å². The van der Waals surface area contributed by atoms with Crippen LogP contribution in [0.25, 0.3) is 113 Å². The van der Waals surface area contributed by atoms with Crippen molar-refractivity contribution in [1.29, 1.82) is 0 Å². The third kappa shape index (κ3) is 5.83. The minimum Gasteiger partial charge on any atom is -0.456 e. The quantitative estimate of drug-likeness (QED) is 0.156. The standard InChI is InChI=1S/C65H40O2/c1-5-13-57-49(9-1)50-10-2-6-14-58(50)65(57)59-37-43(19-17-41-21-27-45(28-22-41)47-31-35-63-55(39-47)53-11-3-7-15-61(53)66-63)25-33-51(59)52-34-26-44(38-60(52)65)20-18-42-23-29-46(30-24-42)48-32-36-64-56(40-48)54-12-4-8-16-62(54)67-64/h1-40H. The first-order valence-electron chi connectivity index (χ1n) is 23.0. The van der Waals surface area contributed by atoms with Crippen molar-refractivity contribution in [2.75, 3.05) is 0 Å². The summed E-state index contributed by atoms with van der Waals surface area (Å²) in [4.78, 5) is 0. The van der Waals surface area contributed by atoms with Gasteiger partial charge in [-0.1, -0.05) is 194 Å². The van der Waals surface area contributed by atoms with Gasteiger partial charge in [0.2, 0.25) is 0 Å². The molecule has 0 aliphatic heterocycles. The smallest absolute Gasteiger partial charge is 0.135 e. The number of furan rings is 2.